The molecule has 45 heavy (non-hydrogen) atoms. The number of thiazole rings is 1. The van der Waals surface area contributed by atoms with Crippen LogP contribution in [0.15, 0.2) is 87.8 Å². The molecule has 0 amide bonds. The van der Waals surface area contributed by atoms with Crippen LogP contribution in [0, 0.1) is 11.3 Å². The first kappa shape index (κ1) is 31.6. The largest absolute Gasteiger partial charge is 0.493 e. The molecule has 0 saturated carbocycles. The van der Waals surface area contributed by atoms with Gasteiger partial charge in [-0.2, -0.15) is 18.4 Å². The summed E-state index contributed by atoms with van der Waals surface area (Å²) in [7, 11) is 1.44. The van der Waals surface area contributed by atoms with Crippen molar-refractivity contribution in [3.8, 4) is 17.6 Å². The third-order valence-corrected chi connectivity index (χ3v) is 8.02. The van der Waals surface area contributed by atoms with E-state index in [0.717, 1.165) is 15.9 Å². The van der Waals surface area contributed by atoms with Crippen LogP contribution in [0.1, 0.15) is 35.2 Å². The number of carbonyl (C=O) groups excluding carboxylic acids is 1. The lowest BCUT2D eigenvalue weighted by Crippen LogP contribution is -2.41. The van der Waals surface area contributed by atoms with Gasteiger partial charge in [0.2, 0.25) is 0 Å². The van der Waals surface area contributed by atoms with E-state index in [2.05, 4.69) is 11.1 Å². The van der Waals surface area contributed by atoms with Crippen molar-refractivity contribution in [3.63, 3.8) is 0 Å². The Kier molecular flexibility index (Phi) is 9.13. The number of hydrogen-bond acceptors (Lipinski definition) is 8. The average molecular weight is 654 g/mol. The Bertz CT molecular complexity index is 2030. The quantitative estimate of drug-likeness (QED) is 0.234. The fraction of sp³-hybridized carbons (Fsp3) is 0.188. The normalized spacial score (nSPS) is 14.8. The molecule has 0 bridgehead atoms. The lowest BCUT2D eigenvalue weighted by atomic mass is 9.95. The van der Waals surface area contributed by atoms with Crippen LogP contribution in [0.25, 0.3) is 6.08 Å². The number of aromatic nitrogens is 1. The number of alkyl halides is 3. The molecule has 0 spiro atoms. The van der Waals surface area contributed by atoms with Crippen LogP contribution >= 0.6 is 22.9 Å². The van der Waals surface area contributed by atoms with Crippen molar-refractivity contribution in [1.29, 1.82) is 5.26 Å². The molecule has 2 heterocycles. The van der Waals surface area contributed by atoms with Gasteiger partial charge in [-0.05, 0) is 54.5 Å². The molecule has 8 nitrogen and oxygen atoms in total. The van der Waals surface area contributed by atoms with Gasteiger partial charge in [-0.15, -0.1) is 0 Å². The van der Waals surface area contributed by atoms with Crippen molar-refractivity contribution in [2.75, 3.05) is 13.7 Å². The number of esters is 1. The summed E-state index contributed by atoms with van der Waals surface area (Å²) in [5.74, 6) is -0.532. The molecule has 0 saturated heterocycles. The van der Waals surface area contributed by atoms with Gasteiger partial charge in [0.05, 0.1) is 41.5 Å². The number of rotatable bonds is 8. The van der Waals surface area contributed by atoms with Crippen molar-refractivity contribution >= 4 is 35.0 Å². The van der Waals surface area contributed by atoms with E-state index in [-0.39, 0.29) is 28.1 Å². The van der Waals surface area contributed by atoms with E-state index in [1.54, 1.807) is 42.5 Å². The van der Waals surface area contributed by atoms with Crippen LogP contribution in [0.2, 0.25) is 5.02 Å². The number of ether oxygens (including phenoxy) is 3. The fourth-order valence-corrected chi connectivity index (χ4v) is 5.88. The highest BCUT2D eigenvalue weighted by Gasteiger charge is 2.45. The molecular formula is C32H23ClF3N3O5S. The summed E-state index contributed by atoms with van der Waals surface area (Å²) >= 11 is 6.77. The summed E-state index contributed by atoms with van der Waals surface area (Å²) < 4.78 is 60.4. The third kappa shape index (κ3) is 6.50. The molecule has 4 aromatic rings. The highest BCUT2D eigenvalue weighted by molar-refractivity contribution is 7.07. The minimum atomic E-state index is -5.01. The predicted molar refractivity (Wildman–Crippen MR) is 161 cm³/mol. The molecule has 0 aliphatic carbocycles. The molecule has 0 unspecified atom stereocenters. The maximum absolute atomic E-state index is 14.3. The third-order valence-electron chi connectivity index (χ3n) is 6.79. The zero-order valence-corrected chi connectivity index (χ0v) is 25.3. The molecular weight excluding hydrogens is 631 g/mol. The number of allylic oxidation sites excluding steroid dienone is 1. The number of benzene rings is 3. The van der Waals surface area contributed by atoms with Crippen LogP contribution in [-0.2, 0) is 16.1 Å². The topological polar surface area (TPSA) is 103 Å². The summed E-state index contributed by atoms with van der Waals surface area (Å²) in [6, 6.07) is 18.3. The number of halogens is 4. The fourth-order valence-electron chi connectivity index (χ4n) is 4.76. The van der Waals surface area contributed by atoms with Crippen molar-refractivity contribution in [2.45, 2.75) is 25.7 Å². The Morgan fingerprint density at radius 3 is 2.53 bits per heavy atom. The summed E-state index contributed by atoms with van der Waals surface area (Å²) in [6.45, 7) is 1.39. The first-order chi connectivity index (χ1) is 21.5. The van der Waals surface area contributed by atoms with Gasteiger partial charge >= 0.3 is 12.1 Å². The molecule has 230 valence electrons. The second-order valence-electron chi connectivity index (χ2n) is 9.58. The van der Waals surface area contributed by atoms with Gasteiger partial charge in [-0.25, -0.2) is 9.79 Å². The van der Waals surface area contributed by atoms with Gasteiger partial charge < -0.3 is 14.2 Å². The summed E-state index contributed by atoms with van der Waals surface area (Å²) in [4.78, 5) is 30.3. The standard InChI is InChI=1S/C32H23ClF3N3O5S/c1-3-43-30(41)26-27(19-9-11-22(33)12-10-19)39-29(40)25(45-31(39)38-28(26)32(34,35)36)15-18-8-13-23(24(14-18)42-2)44-17-21-7-5-4-6-20(21)16-37/h4-15,27H,3,17H2,1-2H3/b25-15-/t27-/m0/s1. The summed E-state index contributed by atoms with van der Waals surface area (Å²) in [6.07, 6.45) is -3.53. The van der Waals surface area contributed by atoms with Gasteiger partial charge in [0.15, 0.2) is 22.0 Å². The predicted octanol–water partition coefficient (Wildman–Crippen LogP) is 5.45. The Morgan fingerprint density at radius 1 is 1.13 bits per heavy atom. The van der Waals surface area contributed by atoms with Gasteiger partial charge in [0, 0.05) is 10.6 Å². The summed E-state index contributed by atoms with van der Waals surface area (Å²) in [5, 5.41) is 9.65. The minimum absolute atomic E-state index is 0.0676. The molecule has 1 aliphatic heterocycles. The monoisotopic (exact) mass is 653 g/mol. The van der Waals surface area contributed by atoms with Crippen LogP contribution in [0.4, 0.5) is 13.2 Å². The van der Waals surface area contributed by atoms with E-state index in [9.17, 15) is 28.0 Å². The molecule has 1 atom stereocenters. The molecule has 3 aromatic carbocycles. The van der Waals surface area contributed by atoms with Crippen LogP contribution in [0.5, 0.6) is 11.5 Å². The van der Waals surface area contributed by atoms with Crippen molar-refractivity contribution < 1.29 is 32.2 Å². The number of hydrogen-bond donors (Lipinski definition) is 0. The number of nitrogens with zero attached hydrogens (tertiary/aromatic N) is 3. The molecule has 0 fully saturated rings. The molecule has 0 N–H and O–H groups in total. The highest BCUT2D eigenvalue weighted by atomic mass is 35.5. The van der Waals surface area contributed by atoms with E-state index in [1.807, 2.05) is 0 Å². The SMILES string of the molecule is CCOC(=O)C1=C(C(F)(F)F)N=c2s/c(=C\c3ccc(OCc4ccccc4C#N)c(OC)c3)c(=O)n2[C@H]1c1ccc(Cl)cc1. The van der Waals surface area contributed by atoms with Crippen LogP contribution in [0.3, 0.4) is 0 Å². The Labute approximate surface area is 263 Å². The molecule has 1 aliphatic rings. The molecule has 1 aromatic heterocycles. The van der Waals surface area contributed by atoms with Gasteiger partial charge in [0.1, 0.15) is 6.61 Å². The molecule has 0 radical (unpaired) electrons. The maximum atomic E-state index is 14.3. The average Bonchev–Trinajstić information content (AvgIpc) is 3.33. The number of nitriles is 1. The Morgan fingerprint density at radius 2 is 1.87 bits per heavy atom. The number of fused-ring (bicyclic) bond motifs is 1. The van der Waals surface area contributed by atoms with E-state index in [4.69, 9.17) is 25.8 Å². The molecule has 13 heteroatoms. The zero-order valence-electron chi connectivity index (χ0n) is 23.7. The molecule has 5 rings (SSSR count). The highest BCUT2D eigenvalue weighted by Crippen LogP contribution is 2.38. The number of carbonyl (C=O) groups is 1. The van der Waals surface area contributed by atoms with Crippen molar-refractivity contribution in [1.82, 2.24) is 4.57 Å². The second kappa shape index (κ2) is 13.0. The first-order valence-corrected chi connectivity index (χ1v) is 14.6. The lowest BCUT2D eigenvalue weighted by molar-refractivity contribution is -0.140. The lowest BCUT2D eigenvalue weighted by Gasteiger charge is -2.26. The Hall–Kier alpha value is -4.86. The van der Waals surface area contributed by atoms with Gasteiger partial charge in [-0.1, -0.05) is 59.3 Å². The first-order valence-electron chi connectivity index (χ1n) is 13.4. The Balaban J connectivity index is 1.61. The van der Waals surface area contributed by atoms with Crippen molar-refractivity contribution in [3.05, 3.63) is 125 Å². The van der Waals surface area contributed by atoms with Gasteiger partial charge in [-0.3, -0.25) is 9.36 Å². The van der Waals surface area contributed by atoms with E-state index < -0.39 is 35.0 Å². The second-order valence-corrected chi connectivity index (χ2v) is 11.0. The van der Waals surface area contributed by atoms with Gasteiger partial charge in [0.25, 0.3) is 5.56 Å². The number of methoxy groups -OCH3 is 1. The van der Waals surface area contributed by atoms with Crippen LogP contribution in [-0.4, -0.2) is 30.4 Å². The summed E-state index contributed by atoms with van der Waals surface area (Å²) in [5.41, 5.74) is -1.03. The van der Waals surface area contributed by atoms with Crippen molar-refractivity contribution in [2.24, 2.45) is 4.99 Å². The van der Waals surface area contributed by atoms with E-state index in [1.165, 1.54) is 44.4 Å². The smallest absolute Gasteiger partial charge is 0.434 e. The van der Waals surface area contributed by atoms with E-state index in [0.29, 0.717) is 33.2 Å². The van der Waals surface area contributed by atoms with E-state index >= 15 is 0 Å². The minimum Gasteiger partial charge on any atom is -0.493 e. The van der Waals surface area contributed by atoms with Crippen LogP contribution < -0.4 is 24.4 Å². The zero-order chi connectivity index (χ0) is 32.3. The maximum Gasteiger partial charge on any atom is 0.434 e.